The van der Waals surface area contributed by atoms with Crippen LogP contribution in [0.2, 0.25) is 0 Å². The maximum atomic E-state index is 11.5. The number of ether oxygens (including phenoxy) is 1. The molecule has 1 atom stereocenters. The van der Waals surface area contributed by atoms with Crippen LogP contribution in [-0.2, 0) is 16.6 Å². The van der Waals surface area contributed by atoms with Crippen molar-refractivity contribution < 1.29 is 9.53 Å². The molecule has 84 valence electrons. The van der Waals surface area contributed by atoms with Crippen LogP contribution in [0.4, 0.5) is 0 Å². The van der Waals surface area contributed by atoms with Gasteiger partial charge >= 0.3 is 5.97 Å². The molecule has 0 saturated heterocycles. The van der Waals surface area contributed by atoms with Crippen molar-refractivity contribution in [1.29, 1.82) is 0 Å². The lowest BCUT2D eigenvalue weighted by molar-refractivity contribution is -0.141. The summed E-state index contributed by atoms with van der Waals surface area (Å²) in [5, 5.41) is 1.11. The van der Waals surface area contributed by atoms with Crippen LogP contribution in [0, 0.1) is 0 Å². The number of esters is 1. The van der Waals surface area contributed by atoms with Gasteiger partial charge in [-0.1, -0.05) is 18.2 Å². The molecule has 0 aliphatic carbocycles. The van der Waals surface area contributed by atoms with E-state index in [0.29, 0.717) is 0 Å². The zero-order chi connectivity index (χ0) is 11.7. The van der Waals surface area contributed by atoms with E-state index in [1.807, 2.05) is 49.0 Å². The number of fused-ring (bicyclic) bond motifs is 1. The second kappa shape index (κ2) is 4.00. The first-order chi connectivity index (χ1) is 7.65. The Morgan fingerprint density at radius 1 is 1.38 bits per heavy atom. The van der Waals surface area contributed by atoms with Gasteiger partial charge in [-0.15, -0.1) is 0 Å². The molecular formula is C13H15NO2. The Bertz CT molecular complexity index is 528. The van der Waals surface area contributed by atoms with E-state index >= 15 is 0 Å². The molecule has 0 fully saturated rings. The van der Waals surface area contributed by atoms with Gasteiger partial charge in [0.15, 0.2) is 0 Å². The fraction of sp³-hybridized carbons (Fsp3) is 0.308. The van der Waals surface area contributed by atoms with Crippen LogP contribution in [0.15, 0.2) is 30.5 Å². The van der Waals surface area contributed by atoms with Crippen LogP contribution in [0.5, 0.6) is 0 Å². The number of aromatic nitrogens is 1. The van der Waals surface area contributed by atoms with Gasteiger partial charge in [0, 0.05) is 24.1 Å². The SMILES string of the molecule is COC(=O)[C@H](C)c1cn(C)c2ccccc12. The average Bonchev–Trinajstić information content (AvgIpc) is 2.65. The van der Waals surface area contributed by atoms with Crippen molar-refractivity contribution >= 4 is 16.9 Å². The lowest BCUT2D eigenvalue weighted by Crippen LogP contribution is -2.10. The van der Waals surface area contributed by atoms with Gasteiger partial charge in [0.05, 0.1) is 13.0 Å². The molecule has 0 spiro atoms. The average molecular weight is 217 g/mol. The Balaban J connectivity index is 2.57. The van der Waals surface area contributed by atoms with Crippen LogP contribution in [0.3, 0.4) is 0 Å². The number of para-hydroxylation sites is 1. The predicted octanol–water partition coefficient (Wildman–Crippen LogP) is 2.45. The molecule has 3 nitrogen and oxygen atoms in total. The van der Waals surface area contributed by atoms with Crippen LogP contribution in [0.25, 0.3) is 10.9 Å². The van der Waals surface area contributed by atoms with Crippen molar-refractivity contribution in [2.24, 2.45) is 7.05 Å². The maximum absolute atomic E-state index is 11.5. The minimum absolute atomic E-state index is 0.198. The highest BCUT2D eigenvalue weighted by atomic mass is 16.5. The number of benzene rings is 1. The summed E-state index contributed by atoms with van der Waals surface area (Å²) < 4.78 is 6.81. The number of nitrogens with zero attached hydrogens (tertiary/aromatic N) is 1. The van der Waals surface area contributed by atoms with Crippen molar-refractivity contribution in [2.75, 3.05) is 7.11 Å². The van der Waals surface area contributed by atoms with Crippen LogP contribution >= 0.6 is 0 Å². The molecule has 2 rings (SSSR count). The van der Waals surface area contributed by atoms with Crippen molar-refractivity contribution in [3.8, 4) is 0 Å². The molecule has 0 saturated carbocycles. The van der Waals surface area contributed by atoms with Crippen LogP contribution in [0.1, 0.15) is 18.4 Å². The van der Waals surface area contributed by atoms with E-state index in [4.69, 9.17) is 4.74 Å². The third kappa shape index (κ3) is 1.58. The van der Waals surface area contributed by atoms with E-state index in [1.165, 1.54) is 7.11 Å². The molecule has 0 unspecified atom stereocenters. The second-order valence-corrected chi connectivity index (χ2v) is 3.96. The first-order valence-electron chi connectivity index (χ1n) is 5.27. The van der Waals surface area contributed by atoms with Crippen molar-refractivity contribution in [3.05, 3.63) is 36.0 Å². The Labute approximate surface area is 94.6 Å². The van der Waals surface area contributed by atoms with Gasteiger partial charge in [0.2, 0.25) is 0 Å². The maximum Gasteiger partial charge on any atom is 0.312 e. The predicted molar refractivity (Wildman–Crippen MR) is 63.4 cm³/mol. The van der Waals surface area contributed by atoms with E-state index in [-0.39, 0.29) is 11.9 Å². The molecule has 0 aliphatic rings. The highest BCUT2D eigenvalue weighted by Gasteiger charge is 2.19. The Kier molecular flexibility index (Phi) is 2.69. The van der Waals surface area contributed by atoms with Gasteiger partial charge in [-0.05, 0) is 18.6 Å². The van der Waals surface area contributed by atoms with E-state index in [2.05, 4.69) is 0 Å². The van der Waals surface area contributed by atoms with Gasteiger partial charge in [0.1, 0.15) is 0 Å². The summed E-state index contributed by atoms with van der Waals surface area (Å²) in [5.74, 6) is -0.424. The molecule has 1 heterocycles. The lowest BCUT2D eigenvalue weighted by atomic mass is 10.0. The fourth-order valence-corrected chi connectivity index (χ4v) is 2.02. The monoisotopic (exact) mass is 217 g/mol. The number of aryl methyl sites for hydroxylation is 1. The van der Waals surface area contributed by atoms with Crippen molar-refractivity contribution in [1.82, 2.24) is 4.57 Å². The van der Waals surface area contributed by atoms with Gasteiger partial charge in [0.25, 0.3) is 0 Å². The normalized spacial score (nSPS) is 12.7. The summed E-state index contributed by atoms with van der Waals surface area (Å²) in [6, 6.07) is 8.05. The Morgan fingerprint density at radius 3 is 2.75 bits per heavy atom. The van der Waals surface area contributed by atoms with Crippen molar-refractivity contribution in [3.63, 3.8) is 0 Å². The summed E-state index contributed by atoms with van der Waals surface area (Å²) >= 11 is 0. The molecular weight excluding hydrogens is 202 g/mol. The van der Waals surface area contributed by atoms with Crippen LogP contribution in [-0.4, -0.2) is 17.6 Å². The molecule has 0 amide bonds. The Hall–Kier alpha value is -1.77. The minimum atomic E-state index is -0.226. The first-order valence-corrected chi connectivity index (χ1v) is 5.27. The van der Waals surface area contributed by atoms with E-state index in [0.717, 1.165) is 16.5 Å². The zero-order valence-corrected chi connectivity index (χ0v) is 9.73. The number of carbonyl (C=O) groups is 1. The van der Waals surface area contributed by atoms with Gasteiger partial charge < -0.3 is 9.30 Å². The first kappa shape index (κ1) is 10.7. The van der Waals surface area contributed by atoms with Crippen molar-refractivity contribution in [2.45, 2.75) is 12.8 Å². The third-order valence-corrected chi connectivity index (χ3v) is 2.95. The number of methoxy groups -OCH3 is 1. The molecule has 1 aromatic carbocycles. The highest BCUT2D eigenvalue weighted by molar-refractivity contribution is 5.90. The van der Waals surface area contributed by atoms with Gasteiger partial charge in [-0.25, -0.2) is 0 Å². The molecule has 16 heavy (non-hydrogen) atoms. The fourth-order valence-electron chi connectivity index (χ4n) is 2.02. The van der Waals surface area contributed by atoms with Gasteiger partial charge in [-0.3, -0.25) is 4.79 Å². The van der Waals surface area contributed by atoms with E-state index in [1.54, 1.807) is 0 Å². The summed E-state index contributed by atoms with van der Waals surface area (Å²) in [6.45, 7) is 1.87. The van der Waals surface area contributed by atoms with Gasteiger partial charge in [-0.2, -0.15) is 0 Å². The summed E-state index contributed by atoms with van der Waals surface area (Å²) in [6.07, 6.45) is 1.99. The molecule has 0 radical (unpaired) electrons. The number of hydrogen-bond acceptors (Lipinski definition) is 2. The number of carbonyl (C=O) groups excluding carboxylic acids is 1. The van der Waals surface area contributed by atoms with Crippen LogP contribution < -0.4 is 0 Å². The lowest BCUT2D eigenvalue weighted by Gasteiger charge is -2.07. The third-order valence-electron chi connectivity index (χ3n) is 2.95. The minimum Gasteiger partial charge on any atom is -0.469 e. The van der Waals surface area contributed by atoms with E-state index in [9.17, 15) is 4.79 Å². The Morgan fingerprint density at radius 2 is 2.06 bits per heavy atom. The smallest absolute Gasteiger partial charge is 0.312 e. The largest absolute Gasteiger partial charge is 0.469 e. The summed E-state index contributed by atoms with van der Waals surface area (Å²) in [7, 11) is 3.40. The zero-order valence-electron chi connectivity index (χ0n) is 9.73. The molecule has 2 aromatic rings. The molecule has 0 aliphatic heterocycles. The molecule has 1 aromatic heterocycles. The standard InChI is InChI=1S/C13H15NO2/c1-9(13(15)16-3)11-8-14(2)12-7-5-4-6-10(11)12/h4-9H,1-3H3/t9-/m1/s1. The van der Waals surface area contributed by atoms with E-state index < -0.39 is 0 Å². The topological polar surface area (TPSA) is 31.2 Å². The quantitative estimate of drug-likeness (QED) is 0.723. The molecule has 0 bridgehead atoms. The number of rotatable bonds is 2. The second-order valence-electron chi connectivity index (χ2n) is 3.96. The molecule has 3 heteroatoms. The molecule has 0 N–H and O–H groups in total. The highest BCUT2D eigenvalue weighted by Crippen LogP contribution is 2.27. The summed E-state index contributed by atoms with van der Waals surface area (Å²) in [4.78, 5) is 11.5. The number of hydrogen-bond donors (Lipinski definition) is 0. The summed E-state index contributed by atoms with van der Waals surface area (Å²) in [5.41, 5.74) is 2.15.